The predicted molar refractivity (Wildman–Crippen MR) is 87.0 cm³/mol. The Labute approximate surface area is 132 Å². The summed E-state index contributed by atoms with van der Waals surface area (Å²) in [5, 5.41) is 4.71. The largest absolute Gasteiger partial charge is 0.431 e. The van der Waals surface area contributed by atoms with E-state index in [9.17, 15) is 0 Å². The summed E-state index contributed by atoms with van der Waals surface area (Å²) >= 11 is 7.81. The fourth-order valence-corrected chi connectivity index (χ4v) is 3.26. The van der Waals surface area contributed by atoms with Crippen LogP contribution in [0, 0.1) is 0 Å². The highest BCUT2D eigenvalue weighted by Gasteiger charge is 2.12. The van der Waals surface area contributed by atoms with Crippen LogP contribution in [0.4, 0.5) is 0 Å². The first kappa shape index (κ1) is 14.4. The fraction of sp³-hybridized carbons (Fsp3) is 0.188. The first-order valence-electron chi connectivity index (χ1n) is 6.79. The molecule has 1 N–H and O–H groups in total. The average Bonchev–Trinajstić information content (AvgIpc) is 2.89. The molecular formula is C16H15ClN2OS. The van der Waals surface area contributed by atoms with Gasteiger partial charge in [0.25, 0.3) is 5.22 Å². The second kappa shape index (κ2) is 6.52. The van der Waals surface area contributed by atoms with E-state index in [2.05, 4.69) is 17.2 Å². The normalized spacial score (nSPS) is 11.1. The molecule has 5 heteroatoms. The Morgan fingerprint density at radius 1 is 1.19 bits per heavy atom. The van der Waals surface area contributed by atoms with Gasteiger partial charge in [0.05, 0.1) is 0 Å². The number of aromatic nitrogens is 1. The molecule has 0 atom stereocenters. The minimum absolute atomic E-state index is 0.635. The third kappa shape index (κ3) is 3.23. The zero-order chi connectivity index (χ0) is 14.7. The van der Waals surface area contributed by atoms with Gasteiger partial charge in [0.1, 0.15) is 5.52 Å². The lowest BCUT2D eigenvalue weighted by Gasteiger charge is -2.09. The van der Waals surface area contributed by atoms with E-state index in [4.69, 9.17) is 16.0 Å². The van der Waals surface area contributed by atoms with Gasteiger partial charge >= 0.3 is 0 Å². The van der Waals surface area contributed by atoms with Crippen LogP contribution in [0.5, 0.6) is 0 Å². The van der Waals surface area contributed by atoms with Gasteiger partial charge in [-0.1, -0.05) is 36.7 Å². The standard InChI is InChI=1S/C16H15ClN2OS/c1-2-18-10-11-12(17)6-5-9-15(11)21-16-19-13-7-3-4-8-14(13)20-16/h3-9,18H,2,10H2,1H3. The smallest absolute Gasteiger partial charge is 0.261 e. The van der Waals surface area contributed by atoms with Crippen molar-refractivity contribution in [3.8, 4) is 0 Å². The lowest BCUT2D eigenvalue weighted by Crippen LogP contribution is -2.12. The maximum absolute atomic E-state index is 6.31. The molecule has 108 valence electrons. The molecule has 2 aromatic carbocycles. The Morgan fingerprint density at radius 2 is 2.05 bits per heavy atom. The topological polar surface area (TPSA) is 38.1 Å². The van der Waals surface area contributed by atoms with Crippen molar-refractivity contribution in [2.24, 2.45) is 0 Å². The summed E-state index contributed by atoms with van der Waals surface area (Å²) < 4.78 is 5.76. The number of oxazole rings is 1. The minimum atomic E-state index is 0.635. The molecule has 0 radical (unpaired) electrons. The molecule has 0 fully saturated rings. The van der Waals surface area contributed by atoms with Crippen LogP contribution in [-0.2, 0) is 6.54 Å². The fourth-order valence-electron chi connectivity index (χ4n) is 2.04. The predicted octanol–water partition coefficient (Wildman–Crippen LogP) is 4.74. The summed E-state index contributed by atoms with van der Waals surface area (Å²) in [5.41, 5.74) is 2.75. The van der Waals surface area contributed by atoms with Crippen molar-refractivity contribution in [3.05, 3.63) is 53.1 Å². The second-order valence-corrected chi connectivity index (χ2v) is 5.95. The van der Waals surface area contributed by atoms with Gasteiger partial charge in [-0.15, -0.1) is 0 Å². The molecule has 0 saturated carbocycles. The molecular weight excluding hydrogens is 304 g/mol. The highest BCUT2D eigenvalue weighted by atomic mass is 35.5. The van der Waals surface area contributed by atoms with E-state index in [1.807, 2.05) is 42.5 Å². The molecule has 3 nitrogen and oxygen atoms in total. The molecule has 0 unspecified atom stereocenters. The number of hydrogen-bond donors (Lipinski definition) is 1. The summed E-state index contributed by atoms with van der Waals surface area (Å²) in [7, 11) is 0. The van der Waals surface area contributed by atoms with Crippen molar-refractivity contribution < 1.29 is 4.42 Å². The number of benzene rings is 2. The number of nitrogens with zero attached hydrogens (tertiary/aromatic N) is 1. The van der Waals surface area contributed by atoms with Gasteiger partial charge in [-0.05, 0) is 48.1 Å². The average molecular weight is 319 g/mol. The van der Waals surface area contributed by atoms with Crippen molar-refractivity contribution in [3.63, 3.8) is 0 Å². The number of halogens is 1. The number of fused-ring (bicyclic) bond motifs is 1. The lowest BCUT2D eigenvalue weighted by molar-refractivity contribution is 0.489. The van der Waals surface area contributed by atoms with E-state index in [0.29, 0.717) is 5.22 Å². The lowest BCUT2D eigenvalue weighted by atomic mass is 10.2. The van der Waals surface area contributed by atoms with Gasteiger partial charge in [-0.2, -0.15) is 0 Å². The van der Waals surface area contributed by atoms with Crippen LogP contribution < -0.4 is 5.32 Å². The first-order valence-corrected chi connectivity index (χ1v) is 7.99. The van der Waals surface area contributed by atoms with Crippen LogP contribution in [0.2, 0.25) is 5.02 Å². The minimum Gasteiger partial charge on any atom is -0.431 e. The van der Waals surface area contributed by atoms with Crippen LogP contribution in [0.25, 0.3) is 11.1 Å². The van der Waals surface area contributed by atoms with Crippen molar-refractivity contribution in [1.29, 1.82) is 0 Å². The Morgan fingerprint density at radius 3 is 2.86 bits per heavy atom. The highest BCUT2D eigenvalue weighted by molar-refractivity contribution is 7.99. The highest BCUT2D eigenvalue weighted by Crippen LogP contribution is 2.34. The zero-order valence-electron chi connectivity index (χ0n) is 11.6. The maximum atomic E-state index is 6.31. The van der Waals surface area contributed by atoms with Crippen LogP contribution in [-0.4, -0.2) is 11.5 Å². The van der Waals surface area contributed by atoms with E-state index in [1.54, 1.807) is 0 Å². The van der Waals surface area contributed by atoms with E-state index >= 15 is 0 Å². The van der Waals surface area contributed by atoms with E-state index < -0.39 is 0 Å². The summed E-state index contributed by atoms with van der Waals surface area (Å²) in [5.74, 6) is 0. The van der Waals surface area contributed by atoms with Gasteiger partial charge in [-0.3, -0.25) is 0 Å². The quantitative estimate of drug-likeness (QED) is 0.737. The number of nitrogens with one attached hydrogen (secondary N) is 1. The third-order valence-electron chi connectivity index (χ3n) is 3.10. The molecule has 0 aliphatic carbocycles. The maximum Gasteiger partial charge on any atom is 0.261 e. The monoisotopic (exact) mass is 318 g/mol. The summed E-state index contributed by atoms with van der Waals surface area (Å²) in [6.45, 7) is 3.71. The van der Waals surface area contributed by atoms with E-state index in [0.717, 1.165) is 39.7 Å². The second-order valence-electron chi connectivity index (χ2n) is 4.55. The Bertz CT molecular complexity index is 724. The van der Waals surface area contributed by atoms with Crippen LogP contribution >= 0.6 is 23.4 Å². The molecule has 0 amide bonds. The summed E-state index contributed by atoms with van der Waals surface area (Å²) in [4.78, 5) is 5.56. The molecule has 3 aromatic rings. The summed E-state index contributed by atoms with van der Waals surface area (Å²) in [6, 6.07) is 13.7. The zero-order valence-corrected chi connectivity index (χ0v) is 13.2. The Hall–Kier alpha value is -1.49. The van der Waals surface area contributed by atoms with Gasteiger partial charge in [0.15, 0.2) is 5.58 Å². The molecule has 0 bridgehead atoms. The van der Waals surface area contributed by atoms with Crippen molar-refractivity contribution in [2.75, 3.05) is 6.54 Å². The van der Waals surface area contributed by atoms with E-state index in [-0.39, 0.29) is 0 Å². The van der Waals surface area contributed by atoms with Gasteiger partial charge in [0.2, 0.25) is 0 Å². The van der Waals surface area contributed by atoms with Gasteiger partial charge in [-0.25, -0.2) is 4.98 Å². The van der Waals surface area contributed by atoms with E-state index in [1.165, 1.54) is 11.8 Å². The third-order valence-corrected chi connectivity index (χ3v) is 4.40. The Balaban J connectivity index is 1.91. The first-order chi connectivity index (χ1) is 10.3. The molecule has 0 saturated heterocycles. The molecule has 21 heavy (non-hydrogen) atoms. The molecule has 0 aliphatic heterocycles. The molecule has 3 rings (SSSR count). The molecule has 1 aromatic heterocycles. The number of hydrogen-bond acceptors (Lipinski definition) is 4. The van der Waals surface area contributed by atoms with Crippen LogP contribution in [0.1, 0.15) is 12.5 Å². The van der Waals surface area contributed by atoms with Crippen molar-refractivity contribution in [2.45, 2.75) is 23.6 Å². The number of para-hydroxylation sites is 2. The van der Waals surface area contributed by atoms with Crippen molar-refractivity contribution >= 4 is 34.5 Å². The molecule has 0 spiro atoms. The van der Waals surface area contributed by atoms with Crippen LogP contribution in [0.15, 0.2) is 57.0 Å². The SMILES string of the molecule is CCNCc1c(Cl)cccc1Sc1nc2ccccc2o1. The number of rotatable bonds is 5. The van der Waals surface area contributed by atoms with Crippen LogP contribution in [0.3, 0.4) is 0 Å². The summed E-state index contributed by atoms with van der Waals surface area (Å²) in [6.07, 6.45) is 0. The van der Waals surface area contributed by atoms with Crippen molar-refractivity contribution in [1.82, 2.24) is 10.3 Å². The molecule has 1 heterocycles. The molecule has 0 aliphatic rings. The van der Waals surface area contributed by atoms with Gasteiger partial charge in [0, 0.05) is 16.5 Å². The van der Waals surface area contributed by atoms with Gasteiger partial charge < -0.3 is 9.73 Å². The Kier molecular flexibility index (Phi) is 4.48.